The van der Waals surface area contributed by atoms with E-state index in [1.165, 1.54) is 0 Å². The highest BCUT2D eigenvalue weighted by Gasteiger charge is 2.23. The number of nitrogens with zero attached hydrogens (tertiary/aromatic N) is 3. The van der Waals surface area contributed by atoms with Crippen molar-refractivity contribution < 1.29 is 4.79 Å². The summed E-state index contributed by atoms with van der Waals surface area (Å²) in [6, 6.07) is -0.0834. The van der Waals surface area contributed by atoms with Crippen LogP contribution in [0.1, 0.15) is 19.3 Å². The van der Waals surface area contributed by atoms with Crippen LogP contribution >= 0.6 is 11.6 Å². The fourth-order valence-electron chi connectivity index (χ4n) is 1.80. The van der Waals surface area contributed by atoms with E-state index in [9.17, 15) is 4.79 Å². The zero-order valence-electron chi connectivity index (χ0n) is 8.27. The number of anilines is 1. The third-order valence-electron chi connectivity index (χ3n) is 2.57. The molecule has 1 unspecified atom stereocenters. The Hall–Kier alpha value is -1.16. The van der Waals surface area contributed by atoms with E-state index in [4.69, 9.17) is 11.6 Å². The van der Waals surface area contributed by atoms with Gasteiger partial charge >= 0.3 is 0 Å². The molecule has 0 bridgehead atoms. The monoisotopic (exact) mass is 225 g/mol. The molecular formula is C10H12ClN3O. The second-order valence-corrected chi connectivity index (χ2v) is 4.03. The zero-order valence-corrected chi connectivity index (χ0v) is 9.02. The van der Waals surface area contributed by atoms with Crippen molar-refractivity contribution in [1.29, 1.82) is 0 Å². The molecule has 0 radical (unpaired) electrons. The van der Waals surface area contributed by atoms with Crippen LogP contribution in [0.15, 0.2) is 12.4 Å². The van der Waals surface area contributed by atoms with Crippen molar-refractivity contribution in [2.24, 2.45) is 0 Å². The van der Waals surface area contributed by atoms with Crippen LogP contribution in [0.5, 0.6) is 0 Å². The molecular weight excluding hydrogens is 214 g/mol. The number of carbonyl (C=O) groups excluding carboxylic acids is 1. The molecule has 0 amide bonds. The Morgan fingerprint density at radius 3 is 2.80 bits per heavy atom. The van der Waals surface area contributed by atoms with Gasteiger partial charge in [-0.2, -0.15) is 0 Å². The Kier molecular flexibility index (Phi) is 3.16. The highest BCUT2D eigenvalue weighted by atomic mass is 35.5. The topological polar surface area (TPSA) is 46.1 Å². The Bertz CT molecular complexity index is 341. The van der Waals surface area contributed by atoms with Crippen molar-refractivity contribution in [3.8, 4) is 0 Å². The normalized spacial score (nSPS) is 21.4. The van der Waals surface area contributed by atoms with Gasteiger partial charge in [0.05, 0.1) is 23.5 Å². The van der Waals surface area contributed by atoms with E-state index in [2.05, 4.69) is 9.97 Å². The number of halogens is 1. The molecule has 80 valence electrons. The van der Waals surface area contributed by atoms with Crippen LogP contribution in [0.2, 0.25) is 5.02 Å². The average Bonchev–Trinajstić information content (AvgIpc) is 2.30. The molecule has 1 aliphatic heterocycles. The number of piperidine rings is 1. The summed E-state index contributed by atoms with van der Waals surface area (Å²) in [6.45, 7) is 0.838. The summed E-state index contributed by atoms with van der Waals surface area (Å²) in [5, 5.41) is 0.512. The summed E-state index contributed by atoms with van der Waals surface area (Å²) < 4.78 is 0. The van der Waals surface area contributed by atoms with E-state index >= 15 is 0 Å². The van der Waals surface area contributed by atoms with Crippen molar-refractivity contribution in [2.45, 2.75) is 25.3 Å². The van der Waals surface area contributed by atoms with Gasteiger partial charge < -0.3 is 9.69 Å². The average molecular weight is 226 g/mol. The van der Waals surface area contributed by atoms with Gasteiger partial charge in [0.15, 0.2) is 0 Å². The van der Waals surface area contributed by atoms with E-state index in [0.717, 1.165) is 32.1 Å². The van der Waals surface area contributed by atoms with Crippen LogP contribution in [0, 0.1) is 0 Å². The van der Waals surface area contributed by atoms with Gasteiger partial charge in [-0.1, -0.05) is 11.6 Å². The van der Waals surface area contributed by atoms with Gasteiger partial charge in [0.2, 0.25) is 5.95 Å². The summed E-state index contributed by atoms with van der Waals surface area (Å²) in [7, 11) is 0. The number of aromatic nitrogens is 2. The van der Waals surface area contributed by atoms with E-state index in [0.29, 0.717) is 11.0 Å². The molecule has 2 rings (SSSR count). The first-order valence-electron chi connectivity index (χ1n) is 5.01. The minimum Gasteiger partial charge on any atom is -0.331 e. The van der Waals surface area contributed by atoms with Crippen LogP contribution in [-0.4, -0.2) is 28.8 Å². The number of hydrogen-bond donors (Lipinski definition) is 0. The van der Waals surface area contributed by atoms with E-state index in [-0.39, 0.29) is 6.04 Å². The molecule has 15 heavy (non-hydrogen) atoms. The molecule has 5 heteroatoms. The van der Waals surface area contributed by atoms with Gasteiger partial charge in [-0.05, 0) is 19.3 Å². The molecule has 1 aromatic heterocycles. The van der Waals surface area contributed by atoms with Crippen molar-refractivity contribution in [1.82, 2.24) is 9.97 Å². The molecule has 1 aromatic rings. The van der Waals surface area contributed by atoms with Gasteiger partial charge in [-0.3, -0.25) is 0 Å². The lowest BCUT2D eigenvalue weighted by molar-refractivity contribution is -0.109. The summed E-state index contributed by atoms with van der Waals surface area (Å²) in [6.07, 6.45) is 7.14. The van der Waals surface area contributed by atoms with Crippen molar-refractivity contribution >= 4 is 23.8 Å². The predicted molar refractivity (Wildman–Crippen MR) is 58.1 cm³/mol. The largest absolute Gasteiger partial charge is 0.331 e. The van der Waals surface area contributed by atoms with Crippen molar-refractivity contribution in [2.75, 3.05) is 11.4 Å². The molecule has 1 fully saturated rings. The minimum absolute atomic E-state index is 0.0834. The molecule has 0 spiro atoms. The first-order chi connectivity index (χ1) is 7.31. The lowest BCUT2D eigenvalue weighted by Gasteiger charge is -2.32. The molecule has 1 aliphatic rings. The maximum absolute atomic E-state index is 10.9. The first-order valence-corrected chi connectivity index (χ1v) is 5.38. The standard InChI is InChI=1S/C10H12ClN3O/c11-8-5-12-10(13-6-8)14-4-2-1-3-9(14)7-15/h5-7,9H,1-4H2. The van der Waals surface area contributed by atoms with E-state index < -0.39 is 0 Å². The number of carbonyl (C=O) groups is 1. The highest BCUT2D eigenvalue weighted by molar-refractivity contribution is 6.30. The maximum Gasteiger partial charge on any atom is 0.225 e. The van der Waals surface area contributed by atoms with Gasteiger partial charge in [0.1, 0.15) is 6.29 Å². The molecule has 0 aliphatic carbocycles. The molecule has 4 nitrogen and oxygen atoms in total. The summed E-state index contributed by atoms with van der Waals surface area (Å²) >= 11 is 5.71. The maximum atomic E-state index is 10.9. The molecule has 0 aromatic carbocycles. The van der Waals surface area contributed by atoms with Crippen molar-refractivity contribution in [3.05, 3.63) is 17.4 Å². The Labute approximate surface area is 93.3 Å². The number of hydrogen-bond acceptors (Lipinski definition) is 4. The SMILES string of the molecule is O=CC1CCCCN1c1ncc(Cl)cn1. The fraction of sp³-hybridized carbons (Fsp3) is 0.500. The van der Waals surface area contributed by atoms with Crippen LogP contribution in [0.25, 0.3) is 0 Å². The molecule has 1 saturated heterocycles. The Morgan fingerprint density at radius 1 is 1.40 bits per heavy atom. The van der Waals surface area contributed by atoms with Gasteiger partial charge in [0.25, 0.3) is 0 Å². The van der Waals surface area contributed by atoms with Crippen LogP contribution in [-0.2, 0) is 4.79 Å². The Balaban J connectivity index is 2.20. The summed E-state index contributed by atoms with van der Waals surface area (Å²) in [5.74, 6) is 0.594. The second-order valence-electron chi connectivity index (χ2n) is 3.59. The fourth-order valence-corrected chi connectivity index (χ4v) is 1.90. The first kappa shape index (κ1) is 10.4. The molecule has 1 atom stereocenters. The smallest absolute Gasteiger partial charge is 0.225 e. The second kappa shape index (κ2) is 4.57. The lowest BCUT2D eigenvalue weighted by atomic mass is 10.0. The van der Waals surface area contributed by atoms with E-state index in [1.54, 1.807) is 12.4 Å². The van der Waals surface area contributed by atoms with E-state index in [1.807, 2.05) is 4.90 Å². The van der Waals surface area contributed by atoms with Gasteiger partial charge in [0, 0.05) is 6.54 Å². The van der Waals surface area contributed by atoms with Gasteiger partial charge in [-0.25, -0.2) is 9.97 Å². The zero-order chi connectivity index (χ0) is 10.7. The highest BCUT2D eigenvalue weighted by Crippen LogP contribution is 2.20. The summed E-state index contributed by atoms with van der Waals surface area (Å²) in [4.78, 5) is 21.1. The van der Waals surface area contributed by atoms with Crippen molar-refractivity contribution in [3.63, 3.8) is 0 Å². The molecule has 2 heterocycles. The molecule has 0 saturated carbocycles. The molecule has 0 N–H and O–H groups in total. The summed E-state index contributed by atoms with van der Waals surface area (Å²) in [5.41, 5.74) is 0. The minimum atomic E-state index is -0.0834. The van der Waals surface area contributed by atoms with Gasteiger partial charge in [-0.15, -0.1) is 0 Å². The quantitative estimate of drug-likeness (QED) is 0.719. The third kappa shape index (κ3) is 2.26. The Morgan fingerprint density at radius 2 is 2.13 bits per heavy atom. The lowest BCUT2D eigenvalue weighted by Crippen LogP contribution is -2.41. The number of aldehydes is 1. The predicted octanol–water partition coefficient (Wildman–Crippen LogP) is 1.69. The number of rotatable bonds is 2. The third-order valence-corrected chi connectivity index (χ3v) is 2.77. The van der Waals surface area contributed by atoms with Crippen LogP contribution in [0.4, 0.5) is 5.95 Å². The van der Waals surface area contributed by atoms with Crippen LogP contribution < -0.4 is 4.90 Å². The van der Waals surface area contributed by atoms with Crippen LogP contribution in [0.3, 0.4) is 0 Å².